The minimum absolute atomic E-state index is 0.0701. The molecule has 2 heterocycles. The Morgan fingerprint density at radius 3 is 2.78 bits per heavy atom. The molecule has 0 saturated carbocycles. The highest BCUT2D eigenvalue weighted by Crippen LogP contribution is 2.33. The Balaban J connectivity index is 1.46. The van der Waals surface area contributed by atoms with Gasteiger partial charge in [0.1, 0.15) is 11.4 Å². The molecule has 1 aliphatic rings. The lowest BCUT2D eigenvalue weighted by atomic mass is 9.89. The van der Waals surface area contributed by atoms with Gasteiger partial charge in [0, 0.05) is 16.6 Å². The maximum absolute atomic E-state index is 13.3. The number of carbonyl (C=O) groups is 1. The van der Waals surface area contributed by atoms with Crippen molar-refractivity contribution in [2.45, 2.75) is 45.6 Å². The summed E-state index contributed by atoms with van der Waals surface area (Å²) in [7, 11) is 0. The molecule has 1 N–H and O–H groups in total. The largest absolute Gasteiger partial charge is 0.324 e. The Hall–Kier alpha value is -3.25. The van der Waals surface area contributed by atoms with Crippen molar-refractivity contribution in [2.24, 2.45) is 0 Å². The van der Waals surface area contributed by atoms with E-state index in [0.717, 1.165) is 41.6 Å². The average Bonchev–Trinajstić information content (AvgIpc) is 3.26. The molecule has 1 aliphatic carbocycles. The first kappa shape index (κ1) is 20.6. The first-order valence-corrected chi connectivity index (χ1v) is 12.0. The summed E-state index contributed by atoms with van der Waals surface area (Å²) in [6.07, 6.45) is 6.97. The van der Waals surface area contributed by atoms with Crippen LogP contribution >= 0.6 is 11.3 Å². The van der Waals surface area contributed by atoms with Crippen LogP contribution in [0.2, 0.25) is 0 Å². The van der Waals surface area contributed by atoms with Gasteiger partial charge in [-0.05, 0) is 60.4 Å². The molecular weight excluding hydrogens is 418 g/mol. The molecule has 0 fully saturated rings. The van der Waals surface area contributed by atoms with E-state index in [2.05, 4.69) is 28.5 Å². The van der Waals surface area contributed by atoms with Gasteiger partial charge in [-0.15, -0.1) is 11.3 Å². The van der Waals surface area contributed by atoms with Gasteiger partial charge in [0.15, 0.2) is 0 Å². The number of thiophene rings is 1. The van der Waals surface area contributed by atoms with E-state index in [1.54, 1.807) is 0 Å². The Labute approximate surface area is 190 Å². The predicted octanol–water partition coefficient (Wildman–Crippen LogP) is 5.20. The van der Waals surface area contributed by atoms with E-state index in [1.807, 2.05) is 36.6 Å². The number of rotatable bonds is 5. The summed E-state index contributed by atoms with van der Waals surface area (Å²) in [5.41, 5.74) is 6.42. The van der Waals surface area contributed by atoms with E-state index in [1.165, 1.54) is 46.2 Å². The molecule has 2 aromatic heterocycles. The molecule has 0 spiro atoms. The smallest absolute Gasteiger partial charge is 0.263 e. The normalized spacial score (nSPS) is 13.2. The van der Waals surface area contributed by atoms with Crippen molar-refractivity contribution < 1.29 is 4.79 Å². The Kier molecular flexibility index (Phi) is 5.62. The molecule has 0 radical (unpaired) electrons. The quantitative estimate of drug-likeness (QED) is 0.461. The number of para-hydroxylation sites is 1. The van der Waals surface area contributed by atoms with E-state index >= 15 is 0 Å². The molecule has 4 aromatic rings. The molecule has 0 bridgehead atoms. The van der Waals surface area contributed by atoms with E-state index in [9.17, 15) is 9.59 Å². The van der Waals surface area contributed by atoms with E-state index in [4.69, 9.17) is 0 Å². The van der Waals surface area contributed by atoms with Crippen LogP contribution in [0.25, 0.3) is 21.3 Å². The van der Waals surface area contributed by atoms with Crippen molar-refractivity contribution in [3.8, 4) is 11.1 Å². The molecule has 1 amide bonds. The SMILES string of the molecule is CCc1ccccc1NC(=O)Cn1cnc2scc(-c3ccc4c(c3)CCCC4)c2c1=O. The van der Waals surface area contributed by atoms with Gasteiger partial charge < -0.3 is 5.32 Å². The fourth-order valence-electron chi connectivity index (χ4n) is 4.49. The van der Waals surface area contributed by atoms with Gasteiger partial charge in [-0.25, -0.2) is 4.98 Å². The number of nitrogens with zero attached hydrogens (tertiary/aromatic N) is 2. The topological polar surface area (TPSA) is 64.0 Å². The number of benzene rings is 2. The van der Waals surface area contributed by atoms with Crippen LogP contribution in [-0.2, 0) is 30.6 Å². The van der Waals surface area contributed by atoms with Crippen LogP contribution in [0.15, 0.2) is 59.0 Å². The molecule has 5 nitrogen and oxygen atoms in total. The highest BCUT2D eigenvalue weighted by atomic mass is 32.1. The number of anilines is 1. The van der Waals surface area contributed by atoms with E-state index < -0.39 is 0 Å². The molecule has 0 atom stereocenters. The van der Waals surface area contributed by atoms with Crippen molar-refractivity contribution in [3.05, 3.63) is 81.2 Å². The lowest BCUT2D eigenvalue weighted by Crippen LogP contribution is -2.28. The van der Waals surface area contributed by atoms with E-state index in [0.29, 0.717) is 10.2 Å². The molecule has 0 aliphatic heterocycles. The third kappa shape index (κ3) is 3.86. The lowest BCUT2D eigenvalue weighted by Gasteiger charge is -2.16. The van der Waals surface area contributed by atoms with Gasteiger partial charge in [-0.3, -0.25) is 14.2 Å². The first-order chi connectivity index (χ1) is 15.6. The van der Waals surface area contributed by atoms with Crippen molar-refractivity contribution in [1.82, 2.24) is 9.55 Å². The van der Waals surface area contributed by atoms with Crippen molar-refractivity contribution in [1.29, 1.82) is 0 Å². The van der Waals surface area contributed by atoms with Crippen LogP contribution in [-0.4, -0.2) is 15.5 Å². The van der Waals surface area contributed by atoms with Crippen molar-refractivity contribution in [2.75, 3.05) is 5.32 Å². The number of fused-ring (bicyclic) bond motifs is 2. The molecule has 0 saturated heterocycles. The van der Waals surface area contributed by atoms with Gasteiger partial charge in [0.25, 0.3) is 5.56 Å². The van der Waals surface area contributed by atoms with Gasteiger partial charge in [0.05, 0.1) is 11.7 Å². The molecule has 162 valence electrons. The monoisotopic (exact) mass is 443 g/mol. The summed E-state index contributed by atoms with van der Waals surface area (Å²) >= 11 is 1.47. The van der Waals surface area contributed by atoms with Crippen LogP contribution in [0.1, 0.15) is 36.5 Å². The molecule has 2 aromatic carbocycles. The van der Waals surface area contributed by atoms with Crippen LogP contribution < -0.4 is 10.9 Å². The van der Waals surface area contributed by atoms with Crippen LogP contribution in [0.3, 0.4) is 0 Å². The number of amides is 1. The van der Waals surface area contributed by atoms with Crippen molar-refractivity contribution >= 4 is 33.1 Å². The third-order valence-corrected chi connectivity index (χ3v) is 7.09. The first-order valence-electron chi connectivity index (χ1n) is 11.1. The maximum atomic E-state index is 13.3. The predicted molar refractivity (Wildman–Crippen MR) is 130 cm³/mol. The Bertz CT molecular complexity index is 1370. The maximum Gasteiger partial charge on any atom is 0.263 e. The third-order valence-electron chi connectivity index (χ3n) is 6.21. The second-order valence-corrected chi connectivity index (χ2v) is 9.11. The van der Waals surface area contributed by atoms with E-state index in [-0.39, 0.29) is 18.0 Å². The average molecular weight is 444 g/mol. The second-order valence-electron chi connectivity index (χ2n) is 8.26. The second kappa shape index (κ2) is 8.71. The number of hydrogen-bond donors (Lipinski definition) is 1. The van der Waals surface area contributed by atoms with Crippen LogP contribution in [0.4, 0.5) is 5.69 Å². The molecule has 32 heavy (non-hydrogen) atoms. The minimum atomic E-state index is -0.236. The fourth-order valence-corrected chi connectivity index (χ4v) is 5.40. The zero-order chi connectivity index (χ0) is 22.1. The number of carbonyl (C=O) groups excluding carboxylic acids is 1. The van der Waals surface area contributed by atoms with Gasteiger partial charge in [-0.2, -0.15) is 0 Å². The summed E-state index contributed by atoms with van der Waals surface area (Å²) < 4.78 is 1.40. The zero-order valence-corrected chi connectivity index (χ0v) is 18.9. The molecule has 6 heteroatoms. The van der Waals surface area contributed by atoms with Gasteiger partial charge in [0.2, 0.25) is 5.91 Å². The van der Waals surface area contributed by atoms with Crippen LogP contribution in [0.5, 0.6) is 0 Å². The van der Waals surface area contributed by atoms with Crippen molar-refractivity contribution in [3.63, 3.8) is 0 Å². The number of nitrogens with one attached hydrogen (secondary N) is 1. The van der Waals surface area contributed by atoms with Gasteiger partial charge in [-0.1, -0.05) is 43.3 Å². The highest BCUT2D eigenvalue weighted by molar-refractivity contribution is 7.17. The summed E-state index contributed by atoms with van der Waals surface area (Å²) in [5, 5.41) is 5.53. The lowest BCUT2D eigenvalue weighted by molar-refractivity contribution is -0.116. The molecule has 0 unspecified atom stereocenters. The molecular formula is C26H25N3O2S. The molecule has 5 rings (SSSR count). The summed E-state index contributed by atoms with van der Waals surface area (Å²) in [6.45, 7) is 1.98. The Morgan fingerprint density at radius 1 is 1.12 bits per heavy atom. The van der Waals surface area contributed by atoms with Gasteiger partial charge >= 0.3 is 0 Å². The minimum Gasteiger partial charge on any atom is -0.324 e. The Morgan fingerprint density at radius 2 is 1.94 bits per heavy atom. The fraction of sp³-hybridized carbons (Fsp3) is 0.269. The van der Waals surface area contributed by atoms with Crippen LogP contribution in [0, 0.1) is 0 Å². The number of aromatic nitrogens is 2. The summed E-state index contributed by atoms with van der Waals surface area (Å²) in [5.74, 6) is -0.236. The number of aryl methyl sites for hydroxylation is 3. The number of hydrogen-bond acceptors (Lipinski definition) is 4. The summed E-state index contributed by atoms with van der Waals surface area (Å²) in [4.78, 5) is 31.2. The zero-order valence-electron chi connectivity index (χ0n) is 18.1. The highest BCUT2D eigenvalue weighted by Gasteiger charge is 2.17. The standard InChI is InChI=1S/C26H25N3O2S/c1-2-17-7-5-6-10-22(17)28-23(30)14-29-16-27-25-24(26(29)31)21(15-32-25)20-12-11-18-8-3-4-9-19(18)13-20/h5-7,10-13,15-16H,2-4,8-9,14H2,1H3,(H,28,30). The summed E-state index contributed by atoms with van der Waals surface area (Å²) in [6, 6.07) is 14.2.